The molecular weight excluding hydrogens is 625 g/mol. The molecule has 0 bridgehead atoms. The molecule has 0 heterocycles. The van der Waals surface area contributed by atoms with Gasteiger partial charge in [0.1, 0.15) is 17.2 Å². The van der Waals surface area contributed by atoms with Gasteiger partial charge >= 0.3 is 23.0 Å². The van der Waals surface area contributed by atoms with E-state index in [1.165, 1.54) is 24.3 Å². The summed E-state index contributed by atoms with van der Waals surface area (Å²) in [6, 6.07) is 18.5. The molecule has 0 saturated carbocycles. The van der Waals surface area contributed by atoms with Crippen LogP contribution in [-0.2, 0) is 65.6 Å². The number of rotatable bonds is 7. The van der Waals surface area contributed by atoms with E-state index in [0.717, 1.165) is 0 Å². The second-order valence-corrected chi connectivity index (χ2v) is 7.91. The number of para-hydroxylation sites is 1. The molecule has 0 amide bonds. The average Bonchev–Trinajstić information content (AvgIpc) is 2.81. The van der Waals surface area contributed by atoms with Gasteiger partial charge in [0.05, 0.1) is 5.56 Å². The number of hydrogen-bond acceptors (Lipinski definition) is 6. The molecule has 3 aromatic carbocycles. The van der Waals surface area contributed by atoms with Crippen molar-refractivity contribution in [3.63, 3.8) is 0 Å². The van der Waals surface area contributed by atoms with Gasteiger partial charge in [-0.2, -0.15) is 8.42 Å². The first kappa shape index (κ1) is 36.7. The molecule has 0 aliphatic rings. The number of carboxylic acids is 1. The maximum atomic E-state index is 11.5. The van der Waals surface area contributed by atoms with Crippen LogP contribution in [0, 0.1) is 7.43 Å². The molecule has 0 aliphatic heterocycles. The van der Waals surface area contributed by atoms with Crippen LogP contribution in [0.5, 0.6) is 5.75 Å². The zero-order valence-electron chi connectivity index (χ0n) is 20.3. The Balaban J connectivity index is 0. The van der Waals surface area contributed by atoms with Crippen LogP contribution in [-0.4, -0.2) is 35.0 Å². The number of aromatic carboxylic acids is 1. The van der Waals surface area contributed by atoms with Gasteiger partial charge in [0, 0.05) is 38.3 Å². The van der Waals surface area contributed by atoms with E-state index in [2.05, 4.69) is 20.8 Å². The number of hydrogen-bond donors (Lipinski definition) is 3. The Kier molecular flexibility index (Phi) is 17.7. The number of phenolic OH excluding ortho intramolecular Hbond substituents is 1. The van der Waals surface area contributed by atoms with E-state index >= 15 is 0 Å². The Bertz CT molecular complexity index is 1310. The molecule has 0 unspecified atom stereocenters. The largest absolute Gasteiger partial charge is 1.00 e. The van der Waals surface area contributed by atoms with Gasteiger partial charge in [-0.15, -0.1) is 10.2 Å². The fraction of sp³-hybridized carbons (Fsp3) is 0.125. The van der Waals surface area contributed by atoms with Crippen molar-refractivity contribution in [2.75, 3.05) is 0 Å². The van der Waals surface area contributed by atoms with Gasteiger partial charge in [-0.1, -0.05) is 74.1 Å². The zero-order chi connectivity index (χ0) is 25.1. The topological polar surface area (TPSA) is 163 Å². The molecule has 13 heteroatoms. The van der Waals surface area contributed by atoms with Crippen LogP contribution in [0.15, 0.2) is 88.1 Å². The quantitative estimate of drug-likeness (QED) is 0.0532. The van der Waals surface area contributed by atoms with Gasteiger partial charge in [0.25, 0.3) is 10.1 Å². The van der Waals surface area contributed by atoms with E-state index in [0.29, 0.717) is 5.56 Å². The maximum absolute atomic E-state index is 11.5. The Morgan fingerprint density at radius 1 is 0.973 bits per heavy atom. The van der Waals surface area contributed by atoms with Crippen LogP contribution in [0.2, 0.25) is 0 Å². The molecule has 0 saturated heterocycles. The van der Waals surface area contributed by atoms with Gasteiger partial charge in [-0.05, 0) is 23.8 Å². The van der Waals surface area contributed by atoms with E-state index < -0.39 is 21.8 Å². The fourth-order valence-corrected chi connectivity index (χ4v) is 3.22. The number of nitrogens with zero attached hydrogens (tertiary/aromatic N) is 4. The predicted octanol–water partition coefficient (Wildman–Crippen LogP) is 6.10. The number of phenols is 1. The molecule has 0 atom stereocenters. The smallest absolute Gasteiger partial charge is 0.571 e. The van der Waals surface area contributed by atoms with Crippen LogP contribution in [0.3, 0.4) is 0 Å². The van der Waals surface area contributed by atoms with Crippen molar-refractivity contribution >= 4 is 33.3 Å². The number of carboxylic acid groups (broad SMARTS) is 1. The van der Waals surface area contributed by atoms with Gasteiger partial charge in [0.2, 0.25) is 0 Å². The molecule has 10 nitrogen and oxygen atoms in total. The minimum Gasteiger partial charge on any atom is -0.571 e. The standard InChI is InChI=1S/C21H18N4O6S.C2H6.CH3.Cu.Y/c26-19-9-5-4-8-17(19)22-24-20(15-6-2-1-3-7-15)25-23-18-12-14(13-32(29,30)31)10-11-16(18)21(27)28;1-2;;;/h1-12H,13H2,(H4,22,23,24,25,26,27,28,29,30,31);1-2H3;1H3;;/q;;-1;+1;/p-1. The third-order valence-electron chi connectivity index (χ3n) is 4.06. The van der Waals surface area contributed by atoms with E-state index in [-0.39, 0.29) is 91.3 Å². The minimum atomic E-state index is -4.33. The Hall–Kier alpha value is -2.47. The second kappa shape index (κ2) is 17.9. The van der Waals surface area contributed by atoms with Crippen molar-refractivity contribution in [1.82, 2.24) is 0 Å². The molecule has 0 fully saturated rings. The maximum Gasteiger partial charge on any atom is 1.00 e. The third kappa shape index (κ3) is 12.1. The predicted molar refractivity (Wildman–Crippen MR) is 135 cm³/mol. The summed E-state index contributed by atoms with van der Waals surface area (Å²) < 4.78 is 31.4. The first-order chi connectivity index (χ1) is 16.2. The van der Waals surface area contributed by atoms with Crippen molar-refractivity contribution in [1.29, 1.82) is 0 Å². The summed E-state index contributed by atoms with van der Waals surface area (Å²) in [5.74, 6) is -2.08. The SMILES string of the molecule is CC.O=C(O)c1ccc(CS(=O)(=O)O)cc1N=NC(=N[N-]c1ccccc1O)c1ccccc1.[CH3-].[Cu+].[Y]. The second-order valence-electron chi connectivity index (χ2n) is 6.46. The average molecular weight is 651 g/mol. The van der Waals surface area contributed by atoms with Gasteiger partial charge < -0.3 is 28.2 Å². The summed E-state index contributed by atoms with van der Waals surface area (Å²) in [4.78, 5) is 11.5. The van der Waals surface area contributed by atoms with E-state index in [4.69, 9.17) is 4.55 Å². The molecule has 1 radical (unpaired) electrons. The molecule has 0 aliphatic carbocycles. The molecule has 0 aromatic heterocycles. The molecule has 3 rings (SSSR count). The zero-order valence-corrected chi connectivity index (χ0v) is 24.9. The number of benzene rings is 3. The van der Waals surface area contributed by atoms with Crippen molar-refractivity contribution in [2.24, 2.45) is 15.3 Å². The van der Waals surface area contributed by atoms with Crippen LogP contribution in [0.1, 0.15) is 35.3 Å². The third-order valence-corrected chi connectivity index (χ3v) is 4.76. The van der Waals surface area contributed by atoms with E-state index in [1.54, 1.807) is 48.5 Å². The van der Waals surface area contributed by atoms with Crippen LogP contribution < -0.4 is 0 Å². The first-order valence-corrected chi connectivity index (χ1v) is 11.7. The molecule has 199 valence electrons. The normalized spacial score (nSPS) is 10.6. The number of azo groups is 1. The Labute approximate surface area is 252 Å². The van der Waals surface area contributed by atoms with Crippen LogP contribution in [0.25, 0.3) is 5.43 Å². The Morgan fingerprint density at radius 2 is 1.57 bits per heavy atom. The van der Waals surface area contributed by atoms with Crippen LogP contribution in [0.4, 0.5) is 11.4 Å². The minimum absolute atomic E-state index is 0. The van der Waals surface area contributed by atoms with E-state index in [1.807, 2.05) is 13.8 Å². The summed E-state index contributed by atoms with van der Waals surface area (Å²) in [6.45, 7) is 4.00. The van der Waals surface area contributed by atoms with Crippen molar-refractivity contribution in [3.8, 4) is 5.75 Å². The summed E-state index contributed by atoms with van der Waals surface area (Å²) in [5, 5.41) is 31.3. The molecule has 0 spiro atoms. The molecule has 3 N–H and O–H groups in total. The van der Waals surface area contributed by atoms with Gasteiger partial charge in [-0.25, -0.2) is 4.79 Å². The summed E-state index contributed by atoms with van der Waals surface area (Å²) in [6.07, 6.45) is 0. The fourth-order valence-electron chi connectivity index (χ4n) is 2.62. The molecule has 3 aromatic rings. The molecular formula is C24H26CuN4O6SY-. The van der Waals surface area contributed by atoms with Crippen molar-refractivity contribution < 1.29 is 77.8 Å². The summed E-state index contributed by atoms with van der Waals surface area (Å²) in [7, 11) is -4.33. The first-order valence-electron chi connectivity index (χ1n) is 10.1. The monoisotopic (exact) mass is 650 g/mol. The number of aromatic hydroxyl groups is 1. The van der Waals surface area contributed by atoms with Crippen molar-refractivity contribution in [3.05, 3.63) is 102 Å². The summed E-state index contributed by atoms with van der Waals surface area (Å²) in [5.41, 5.74) is 4.45. The Morgan fingerprint density at radius 3 is 2.14 bits per heavy atom. The van der Waals surface area contributed by atoms with Crippen molar-refractivity contribution in [2.45, 2.75) is 19.6 Å². The number of amidine groups is 1. The van der Waals surface area contributed by atoms with E-state index in [9.17, 15) is 23.4 Å². The number of carbonyl (C=O) groups is 1. The van der Waals surface area contributed by atoms with Gasteiger partial charge in [-0.3, -0.25) is 4.55 Å². The molecule has 37 heavy (non-hydrogen) atoms. The van der Waals surface area contributed by atoms with Crippen LogP contribution >= 0.6 is 0 Å². The van der Waals surface area contributed by atoms with Gasteiger partial charge in [0.15, 0.2) is 5.84 Å². The summed E-state index contributed by atoms with van der Waals surface area (Å²) >= 11 is 0.